The van der Waals surface area contributed by atoms with E-state index in [1.165, 1.54) is 0 Å². The number of aromatic nitrogens is 2. The number of anilines is 2. The summed E-state index contributed by atoms with van der Waals surface area (Å²) in [5.74, 6) is 1.37. The summed E-state index contributed by atoms with van der Waals surface area (Å²) in [6.45, 7) is 5.90. The minimum atomic E-state index is -0.213. The Labute approximate surface area is 182 Å². The van der Waals surface area contributed by atoms with E-state index in [0.717, 1.165) is 48.8 Å². The van der Waals surface area contributed by atoms with Crippen molar-refractivity contribution in [1.29, 1.82) is 0 Å². The first kappa shape index (κ1) is 20.8. The van der Waals surface area contributed by atoms with Gasteiger partial charge < -0.3 is 19.9 Å². The van der Waals surface area contributed by atoms with Crippen molar-refractivity contribution in [2.45, 2.75) is 6.92 Å². The number of aryl methyl sites for hydroxylation is 1. The zero-order valence-electron chi connectivity index (χ0n) is 17.9. The predicted molar refractivity (Wildman–Crippen MR) is 122 cm³/mol. The standard InChI is InChI=1S/C24H27N5O2/c1-18-5-3-8-21(15-18)31-17-24(30)25-20-7-4-6-19(16-20)22-9-10-23(27-26-22)29-13-11-28(2)12-14-29/h3-10,15-16H,11-14,17H2,1-2H3,(H,25,30). The second-order valence-electron chi connectivity index (χ2n) is 7.80. The lowest BCUT2D eigenvalue weighted by atomic mass is 10.1. The molecule has 0 bridgehead atoms. The molecule has 1 aliphatic rings. The maximum atomic E-state index is 12.3. The molecular weight excluding hydrogens is 390 g/mol. The first-order chi connectivity index (χ1) is 15.1. The van der Waals surface area contributed by atoms with E-state index in [1.54, 1.807) is 0 Å². The van der Waals surface area contributed by atoms with Gasteiger partial charge in [-0.25, -0.2) is 0 Å². The Morgan fingerprint density at radius 3 is 2.55 bits per heavy atom. The second kappa shape index (κ2) is 9.57. The van der Waals surface area contributed by atoms with Crippen LogP contribution in [0.2, 0.25) is 0 Å². The summed E-state index contributed by atoms with van der Waals surface area (Å²) in [7, 11) is 2.13. The first-order valence-electron chi connectivity index (χ1n) is 10.4. The molecule has 31 heavy (non-hydrogen) atoms. The summed E-state index contributed by atoms with van der Waals surface area (Å²) in [5.41, 5.74) is 3.45. The number of amides is 1. The largest absolute Gasteiger partial charge is 0.484 e. The average Bonchev–Trinajstić information content (AvgIpc) is 2.79. The van der Waals surface area contributed by atoms with E-state index in [-0.39, 0.29) is 12.5 Å². The van der Waals surface area contributed by atoms with E-state index in [0.29, 0.717) is 11.4 Å². The van der Waals surface area contributed by atoms with Crippen molar-refractivity contribution < 1.29 is 9.53 Å². The predicted octanol–water partition coefficient (Wildman–Crippen LogP) is 3.22. The summed E-state index contributed by atoms with van der Waals surface area (Å²) in [6.07, 6.45) is 0. The number of piperazine rings is 1. The van der Waals surface area contributed by atoms with Crippen LogP contribution in [0.4, 0.5) is 11.5 Å². The number of rotatable bonds is 6. The quantitative estimate of drug-likeness (QED) is 0.664. The van der Waals surface area contributed by atoms with E-state index >= 15 is 0 Å². The molecule has 1 fully saturated rings. The summed E-state index contributed by atoms with van der Waals surface area (Å²) in [4.78, 5) is 16.8. The molecule has 160 valence electrons. The molecule has 7 heteroatoms. The van der Waals surface area contributed by atoms with Gasteiger partial charge in [-0.15, -0.1) is 10.2 Å². The molecule has 3 aromatic rings. The SMILES string of the molecule is Cc1cccc(OCC(=O)Nc2cccc(-c3ccc(N4CCN(C)CC4)nn3)c2)c1. The van der Waals surface area contributed by atoms with E-state index in [9.17, 15) is 4.79 Å². The lowest BCUT2D eigenvalue weighted by molar-refractivity contribution is -0.118. The van der Waals surface area contributed by atoms with Gasteiger partial charge in [0.25, 0.3) is 5.91 Å². The number of hydrogen-bond acceptors (Lipinski definition) is 6. The maximum absolute atomic E-state index is 12.3. The third-order valence-corrected chi connectivity index (χ3v) is 5.28. The Hall–Kier alpha value is -3.45. The smallest absolute Gasteiger partial charge is 0.262 e. The number of ether oxygens (including phenoxy) is 1. The number of carbonyl (C=O) groups excluding carboxylic acids is 1. The lowest BCUT2D eigenvalue weighted by Crippen LogP contribution is -2.44. The van der Waals surface area contributed by atoms with Crippen molar-refractivity contribution in [1.82, 2.24) is 15.1 Å². The van der Waals surface area contributed by atoms with Gasteiger partial charge in [-0.3, -0.25) is 4.79 Å². The van der Waals surface area contributed by atoms with Gasteiger partial charge in [0.15, 0.2) is 12.4 Å². The average molecular weight is 418 g/mol. The monoisotopic (exact) mass is 417 g/mol. The molecule has 1 aliphatic heterocycles. The number of benzene rings is 2. The molecule has 0 aliphatic carbocycles. The fraction of sp³-hybridized carbons (Fsp3) is 0.292. The van der Waals surface area contributed by atoms with Crippen LogP contribution in [0, 0.1) is 6.92 Å². The second-order valence-corrected chi connectivity index (χ2v) is 7.80. The molecule has 0 radical (unpaired) electrons. The molecule has 1 saturated heterocycles. The van der Waals surface area contributed by atoms with Gasteiger partial charge in [-0.05, 0) is 55.9 Å². The van der Waals surface area contributed by atoms with Gasteiger partial charge in [-0.1, -0.05) is 24.3 Å². The minimum Gasteiger partial charge on any atom is -0.484 e. The molecule has 4 rings (SSSR count). The van der Waals surface area contributed by atoms with E-state index < -0.39 is 0 Å². The number of hydrogen-bond donors (Lipinski definition) is 1. The summed E-state index contributed by atoms with van der Waals surface area (Å²) < 4.78 is 5.57. The molecule has 1 N–H and O–H groups in total. The van der Waals surface area contributed by atoms with Gasteiger partial charge in [0.2, 0.25) is 0 Å². The molecule has 0 unspecified atom stereocenters. The van der Waals surface area contributed by atoms with Gasteiger partial charge in [0.05, 0.1) is 5.69 Å². The normalized spacial score (nSPS) is 14.3. The van der Waals surface area contributed by atoms with Crippen LogP contribution in [-0.4, -0.2) is 60.8 Å². The number of carbonyl (C=O) groups is 1. The highest BCUT2D eigenvalue weighted by Gasteiger charge is 2.15. The van der Waals surface area contributed by atoms with Crippen molar-refractivity contribution in [3.05, 3.63) is 66.2 Å². The van der Waals surface area contributed by atoms with Crippen molar-refractivity contribution in [2.24, 2.45) is 0 Å². The number of likely N-dealkylation sites (N-methyl/N-ethyl adjacent to an activating group) is 1. The van der Waals surface area contributed by atoms with Crippen LogP contribution in [0.25, 0.3) is 11.3 Å². The fourth-order valence-electron chi connectivity index (χ4n) is 3.49. The van der Waals surface area contributed by atoms with Crippen molar-refractivity contribution >= 4 is 17.4 Å². The Bertz CT molecular complexity index is 1030. The van der Waals surface area contributed by atoms with Crippen LogP contribution < -0.4 is 15.0 Å². The third kappa shape index (κ3) is 5.58. The van der Waals surface area contributed by atoms with E-state index in [4.69, 9.17) is 4.74 Å². The highest BCUT2D eigenvalue weighted by molar-refractivity contribution is 5.92. The van der Waals surface area contributed by atoms with Crippen LogP contribution in [0.3, 0.4) is 0 Å². The van der Waals surface area contributed by atoms with Gasteiger partial charge >= 0.3 is 0 Å². The number of nitrogens with one attached hydrogen (secondary N) is 1. The van der Waals surface area contributed by atoms with Crippen molar-refractivity contribution in [2.75, 3.05) is 50.1 Å². The highest BCUT2D eigenvalue weighted by Crippen LogP contribution is 2.22. The summed E-state index contributed by atoms with van der Waals surface area (Å²) >= 11 is 0. The molecule has 0 saturated carbocycles. The fourth-order valence-corrected chi connectivity index (χ4v) is 3.49. The highest BCUT2D eigenvalue weighted by atomic mass is 16.5. The minimum absolute atomic E-state index is 0.0484. The summed E-state index contributed by atoms with van der Waals surface area (Å²) in [6, 6.07) is 19.2. The Morgan fingerprint density at radius 2 is 1.81 bits per heavy atom. The van der Waals surface area contributed by atoms with Crippen molar-refractivity contribution in [3.8, 4) is 17.0 Å². The summed E-state index contributed by atoms with van der Waals surface area (Å²) in [5, 5.41) is 11.7. The third-order valence-electron chi connectivity index (χ3n) is 5.28. The van der Waals surface area contributed by atoms with Crippen LogP contribution in [0.1, 0.15) is 5.56 Å². The molecule has 2 aromatic carbocycles. The van der Waals surface area contributed by atoms with Gasteiger partial charge in [-0.2, -0.15) is 0 Å². The zero-order chi connectivity index (χ0) is 21.6. The Balaban J connectivity index is 1.37. The lowest BCUT2D eigenvalue weighted by Gasteiger charge is -2.32. The molecular formula is C24H27N5O2. The maximum Gasteiger partial charge on any atom is 0.262 e. The molecule has 2 heterocycles. The molecule has 0 spiro atoms. The topological polar surface area (TPSA) is 70.6 Å². The van der Waals surface area contributed by atoms with E-state index in [1.807, 2.05) is 67.6 Å². The molecule has 0 atom stereocenters. The van der Waals surface area contributed by atoms with Crippen LogP contribution in [0.5, 0.6) is 5.75 Å². The van der Waals surface area contributed by atoms with Crippen LogP contribution >= 0.6 is 0 Å². The Morgan fingerprint density at radius 1 is 1.00 bits per heavy atom. The van der Waals surface area contributed by atoms with Gasteiger partial charge in [0.1, 0.15) is 5.75 Å². The first-order valence-corrected chi connectivity index (χ1v) is 10.4. The number of nitrogens with zero attached hydrogens (tertiary/aromatic N) is 4. The van der Waals surface area contributed by atoms with E-state index in [2.05, 4.69) is 32.4 Å². The molecule has 1 aromatic heterocycles. The Kier molecular flexibility index (Phi) is 6.43. The molecule has 1 amide bonds. The van der Waals surface area contributed by atoms with Crippen LogP contribution in [-0.2, 0) is 4.79 Å². The van der Waals surface area contributed by atoms with Crippen LogP contribution in [0.15, 0.2) is 60.7 Å². The zero-order valence-corrected chi connectivity index (χ0v) is 17.9. The van der Waals surface area contributed by atoms with Gasteiger partial charge in [0, 0.05) is 37.4 Å². The van der Waals surface area contributed by atoms with Crippen molar-refractivity contribution in [3.63, 3.8) is 0 Å². The molecule has 7 nitrogen and oxygen atoms in total.